The molecule has 20 heavy (non-hydrogen) atoms. The van der Waals surface area contributed by atoms with Crippen molar-refractivity contribution >= 4 is 16.9 Å². The van der Waals surface area contributed by atoms with Gasteiger partial charge in [-0.05, 0) is 18.6 Å². The Morgan fingerprint density at radius 2 is 2.05 bits per heavy atom. The molecule has 5 nitrogen and oxygen atoms in total. The molecule has 1 aromatic carbocycles. The van der Waals surface area contributed by atoms with Gasteiger partial charge in [0.1, 0.15) is 17.0 Å². The Bertz CT molecular complexity index is 625. The van der Waals surface area contributed by atoms with Crippen molar-refractivity contribution in [3.63, 3.8) is 0 Å². The zero-order valence-corrected chi connectivity index (χ0v) is 11.8. The van der Waals surface area contributed by atoms with Crippen molar-refractivity contribution < 1.29 is 19.0 Å². The number of rotatable bonds is 5. The molecule has 0 radical (unpaired) electrons. The van der Waals surface area contributed by atoms with Crippen molar-refractivity contribution in [2.45, 2.75) is 13.3 Å². The highest BCUT2D eigenvalue weighted by molar-refractivity contribution is 5.96. The molecule has 2 rings (SSSR count). The molecule has 0 saturated heterocycles. The van der Waals surface area contributed by atoms with Crippen LogP contribution >= 0.6 is 0 Å². The zero-order valence-electron chi connectivity index (χ0n) is 11.8. The Morgan fingerprint density at radius 3 is 2.70 bits per heavy atom. The topological polar surface area (TPSA) is 57.7 Å². The van der Waals surface area contributed by atoms with Gasteiger partial charge in [-0.25, -0.2) is 9.78 Å². The number of fused-ring (bicyclic) bond motifs is 1. The van der Waals surface area contributed by atoms with Crippen LogP contribution in [-0.4, -0.2) is 31.8 Å². The van der Waals surface area contributed by atoms with Crippen LogP contribution in [0.1, 0.15) is 23.8 Å². The van der Waals surface area contributed by atoms with Gasteiger partial charge in [-0.1, -0.05) is 13.0 Å². The molecule has 0 atom stereocenters. The summed E-state index contributed by atoms with van der Waals surface area (Å²) >= 11 is 0. The summed E-state index contributed by atoms with van der Waals surface area (Å²) in [5, 5.41) is 0.800. The first-order valence-corrected chi connectivity index (χ1v) is 6.40. The normalized spacial score (nSPS) is 10.3. The van der Waals surface area contributed by atoms with Crippen molar-refractivity contribution in [3.05, 3.63) is 30.0 Å². The summed E-state index contributed by atoms with van der Waals surface area (Å²) in [5.41, 5.74) is 0.796. The number of para-hydroxylation sites is 1. The maximum Gasteiger partial charge on any atom is 0.356 e. The van der Waals surface area contributed by atoms with E-state index in [1.807, 2.05) is 25.1 Å². The van der Waals surface area contributed by atoms with Crippen LogP contribution in [0.5, 0.6) is 11.5 Å². The van der Waals surface area contributed by atoms with Gasteiger partial charge in [-0.3, -0.25) is 0 Å². The van der Waals surface area contributed by atoms with E-state index in [9.17, 15) is 4.79 Å². The van der Waals surface area contributed by atoms with E-state index in [1.54, 1.807) is 13.2 Å². The average Bonchev–Trinajstić information content (AvgIpc) is 2.50. The summed E-state index contributed by atoms with van der Waals surface area (Å²) in [6.07, 6.45) is 0.893. The highest BCUT2D eigenvalue weighted by Crippen LogP contribution is 2.31. The van der Waals surface area contributed by atoms with E-state index >= 15 is 0 Å². The smallest absolute Gasteiger partial charge is 0.356 e. The number of carbonyl (C=O) groups excluding carboxylic acids is 1. The minimum Gasteiger partial charge on any atom is -0.496 e. The van der Waals surface area contributed by atoms with Gasteiger partial charge in [0, 0.05) is 11.5 Å². The molecule has 106 valence electrons. The summed E-state index contributed by atoms with van der Waals surface area (Å²) < 4.78 is 15.7. The van der Waals surface area contributed by atoms with Crippen LogP contribution in [0.15, 0.2) is 24.3 Å². The molecule has 0 aliphatic carbocycles. The quantitative estimate of drug-likeness (QED) is 0.785. The van der Waals surface area contributed by atoms with Gasteiger partial charge in [0.25, 0.3) is 0 Å². The molecule has 0 saturated carbocycles. The van der Waals surface area contributed by atoms with Crippen molar-refractivity contribution in [1.29, 1.82) is 0 Å². The Hall–Kier alpha value is -2.30. The summed E-state index contributed by atoms with van der Waals surface area (Å²) in [5.74, 6) is 0.696. The lowest BCUT2D eigenvalue weighted by molar-refractivity contribution is 0.0594. The molecule has 0 amide bonds. The Balaban J connectivity index is 2.62. The molecule has 5 heteroatoms. The van der Waals surface area contributed by atoms with Crippen LogP contribution in [0.2, 0.25) is 0 Å². The molecular weight excluding hydrogens is 258 g/mol. The molecule has 0 aliphatic rings. The molecular formula is C15H17NO4. The predicted octanol–water partition coefficient (Wildman–Crippen LogP) is 2.82. The number of hydrogen-bond donors (Lipinski definition) is 0. The summed E-state index contributed by atoms with van der Waals surface area (Å²) in [6, 6.07) is 7.14. The Morgan fingerprint density at radius 1 is 1.25 bits per heavy atom. The van der Waals surface area contributed by atoms with Gasteiger partial charge < -0.3 is 14.2 Å². The number of carbonyl (C=O) groups is 1. The second-order valence-corrected chi connectivity index (χ2v) is 4.20. The van der Waals surface area contributed by atoms with Gasteiger partial charge in [-0.2, -0.15) is 0 Å². The number of methoxy groups -OCH3 is 2. The van der Waals surface area contributed by atoms with Crippen LogP contribution in [0.4, 0.5) is 0 Å². The van der Waals surface area contributed by atoms with Crippen molar-refractivity contribution in [1.82, 2.24) is 4.98 Å². The van der Waals surface area contributed by atoms with E-state index in [4.69, 9.17) is 14.2 Å². The van der Waals surface area contributed by atoms with Gasteiger partial charge in [-0.15, -0.1) is 0 Å². The van der Waals surface area contributed by atoms with E-state index in [1.165, 1.54) is 7.11 Å². The van der Waals surface area contributed by atoms with Gasteiger partial charge >= 0.3 is 5.97 Å². The third kappa shape index (κ3) is 2.66. The van der Waals surface area contributed by atoms with E-state index in [0.29, 0.717) is 23.6 Å². The molecule has 0 fully saturated rings. The minimum absolute atomic E-state index is 0.199. The molecule has 0 unspecified atom stereocenters. The fourth-order valence-corrected chi connectivity index (χ4v) is 1.90. The zero-order chi connectivity index (χ0) is 14.5. The van der Waals surface area contributed by atoms with E-state index in [-0.39, 0.29) is 5.69 Å². The lowest BCUT2D eigenvalue weighted by Gasteiger charge is -2.11. The highest BCUT2D eigenvalue weighted by Gasteiger charge is 2.15. The number of hydrogen-bond acceptors (Lipinski definition) is 5. The van der Waals surface area contributed by atoms with Crippen molar-refractivity contribution in [2.24, 2.45) is 0 Å². The molecule has 0 bridgehead atoms. The summed E-state index contributed by atoms with van der Waals surface area (Å²) in [6.45, 7) is 2.62. The lowest BCUT2D eigenvalue weighted by atomic mass is 10.1. The Kier molecular flexibility index (Phi) is 4.40. The van der Waals surface area contributed by atoms with E-state index in [0.717, 1.165) is 11.8 Å². The second kappa shape index (κ2) is 6.23. The average molecular weight is 275 g/mol. The molecule has 0 N–H and O–H groups in total. The number of pyridine rings is 1. The van der Waals surface area contributed by atoms with Crippen LogP contribution in [0.25, 0.3) is 10.9 Å². The van der Waals surface area contributed by atoms with Crippen LogP contribution in [-0.2, 0) is 4.74 Å². The van der Waals surface area contributed by atoms with Crippen LogP contribution in [0, 0.1) is 0 Å². The molecule has 0 aliphatic heterocycles. The first-order chi connectivity index (χ1) is 9.71. The monoisotopic (exact) mass is 275 g/mol. The molecule has 0 spiro atoms. The number of nitrogens with zero attached hydrogens (tertiary/aromatic N) is 1. The van der Waals surface area contributed by atoms with Gasteiger partial charge in [0.15, 0.2) is 5.69 Å². The first kappa shape index (κ1) is 14.1. The number of esters is 1. The van der Waals surface area contributed by atoms with E-state index < -0.39 is 5.97 Å². The standard InChI is InChI=1S/C15H17NO4/c1-4-8-20-12-7-5-6-10-13(18-2)9-11(15(17)19-3)16-14(10)12/h5-7,9H,4,8H2,1-3H3. The maximum atomic E-state index is 11.7. The van der Waals surface area contributed by atoms with Gasteiger partial charge in [0.05, 0.1) is 20.8 Å². The summed E-state index contributed by atoms with van der Waals surface area (Å²) in [4.78, 5) is 16.0. The van der Waals surface area contributed by atoms with Crippen LogP contribution < -0.4 is 9.47 Å². The fourth-order valence-electron chi connectivity index (χ4n) is 1.90. The molecule has 1 heterocycles. The Labute approximate surface area is 117 Å². The minimum atomic E-state index is -0.504. The van der Waals surface area contributed by atoms with Crippen molar-refractivity contribution in [3.8, 4) is 11.5 Å². The largest absolute Gasteiger partial charge is 0.496 e. The van der Waals surface area contributed by atoms with Crippen molar-refractivity contribution in [2.75, 3.05) is 20.8 Å². The summed E-state index contributed by atoms with van der Waals surface area (Å²) in [7, 11) is 2.87. The van der Waals surface area contributed by atoms with Gasteiger partial charge in [0.2, 0.25) is 0 Å². The predicted molar refractivity (Wildman–Crippen MR) is 75.4 cm³/mol. The highest BCUT2D eigenvalue weighted by atomic mass is 16.5. The first-order valence-electron chi connectivity index (χ1n) is 6.40. The molecule has 2 aromatic rings. The lowest BCUT2D eigenvalue weighted by Crippen LogP contribution is -2.06. The third-order valence-electron chi connectivity index (χ3n) is 2.84. The number of aromatic nitrogens is 1. The van der Waals surface area contributed by atoms with Crippen LogP contribution in [0.3, 0.4) is 0 Å². The fraction of sp³-hybridized carbons (Fsp3) is 0.333. The molecule has 1 aromatic heterocycles. The SMILES string of the molecule is CCCOc1cccc2c(OC)cc(C(=O)OC)nc12. The van der Waals surface area contributed by atoms with E-state index in [2.05, 4.69) is 4.98 Å². The third-order valence-corrected chi connectivity index (χ3v) is 2.84. The second-order valence-electron chi connectivity index (χ2n) is 4.20. The number of benzene rings is 1. The maximum absolute atomic E-state index is 11.7. The number of ether oxygens (including phenoxy) is 3.